The van der Waals surface area contributed by atoms with Gasteiger partial charge in [0.1, 0.15) is 6.67 Å². The zero-order chi connectivity index (χ0) is 7.98. The Bertz CT molecular complexity index is 112. The predicted molar refractivity (Wildman–Crippen MR) is 41.4 cm³/mol. The van der Waals surface area contributed by atoms with Crippen molar-refractivity contribution in [2.24, 2.45) is 11.5 Å². The van der Waals surface area contributed by atoms with Crippen LogP contribution in [0.25, 0.3) is 0 Å². The van der Waals surface area contributed by atoms with Gasteiger partial charge in [-0.15, -0.1) is 0 Å². The maximum atomic E-state index is 11.8. The molecule has 0 aliphatic carbocycles. The molecular weight excluding hydrogens is 131 g/mol. The van der Waals surface area contributed by atoms with E-state index in [-0.39, 0.29) is 6.04 Å². The number of hydrogen-bond donors (Lipinski definition) is 2. The highest BCUT2D eigenvalue weighted by Gasteiger charge is 1.96. The van der Waals surface area contributed by atoms with Gasteiger partial charge >= 0.3 is 0 Å². The summed E-state index contributed by atoms with van der Waals surface area (Å²) in [5.41, 5.74) is 11.7. The van der Waals surface area contributed by atoms with Gasteiger partial charge in [0.15, 0.2) is 0 Å². The molecule has 0 aromatic carbocycles. The number of nitrogens with two attached hydrogens (primary N) is 2. The van der Waals surface area contributed by atoms with Crippen molar-refractivity contribution in [2.45, 2.75) is 19.4 Å². The Morgan fingerprint density at radius 3 is 2.70 bits per heavy atom. The average Bonchev–Trinajstić information content (AvgIpc) is 1.99. The minimum atomic E-state index is -0.464. The minimum absolute atomic E-state index is 0.360. The molecule has 0 saturated heterocycles. The van der Waals surface area contributed by atoms with Crippen molar-refractivity contribution in [3.63, 3.8) is 0 Å². The van der Waals surface area contributed by atoms with Gasteiger partial charge in [-0.2, -0.15) is 0 Å². The summed E-state index contributed by atoms with van der Waals surface area (Å²) in [6, 6.07) is -0.360. The van der Waals surface area contributed by atoms with Crippen LogP contribution in [0.4, 0.5) is 4.39 Å². The highest BCUT2D eigenvalue weighted by atomic mass is 19.1. The minimum Gasteiger partial charge on any atom is -0.327 e. The monoisotopic (exact) mass is 146 g/mol. The molecule has 1 atom stereocenters. The molecule has 1 unspecified atom stereocenters. The molecule has 0 saturated carbocycles. The Labute approximate surface area is 61.1 Å². The lowest BCUT2D eigenvalue weighted by molar-refractivity contribution is 0.430. The van der Waals surface area contributed by atoms with Crippen LogP contribution in [0.3, 0.4) is 0 Å². The molecule has 0 radical (unpaired) electrons. The van der Waals surface area contributed by atoms with Crippen molar-refractivity contribution < 1.29 is 4.39 Å². The second-order valence-electron chi connectivity index (χ2n) is 2.40. The smallest absolute Gasteiger partial charge is 0.105 e. The first-order valence-electron chi connectivity index (χ1n) is 3.38. The molecule has 60 valence electrons. The van der Waals surface area contributed by atoms with E-state index in [9.17, 15) is 4.39 Å². The van der Waals surface area contributed by atoms with E-state index in [4.69, 9.17) is 11.5 Å². The van der Waals surface area contributed by atoms with E-state index in [0.29, 0.717) is 13.0 Å². The van der Waals surface area contributed by atoms with Gasteiger partial charge < -0.3 is 11.5 Å². The maximum absolute atomic E-state index is 11.8. The Morgan fingerprint density at radius 2 is 2.30 bits per heavy atom. The van der Waals surface area contributed by atoms with E-state index in [1.807, 2.05) is 13.0 Å². The van der Waals surface area contributed by atoms with E-state index in [2.05, 4.69) is 0 Å². The summed E-state index contributed by atoms with van der Waals surface area (Å²) >= 11 is 0. The topological polar surface area (TPSA) is 52.0 Å². The molecule has 4 N–H and O–H groups in total. The first-order valence-corrected chi connectivity index (χ1v) is 3.38. The summed E-state index contributed by atoms with van der Waals surface area (Å²) in [5, 5.41) is 0. The Kier molecular flexibility index (Phi) is 5.16. The normalized spacial score (nSPS) is 15.4. The van der Waals surface area contributed by atoms with Crippen LogP contribution < -0.4 is 11.5 Å². The maximum Gasteiger partial charge on any atom is 0.105 e. The quantitative estimate of drug-likeness (QED) is 0.570. The zero-order valence-corrected chi connectivity index (χ0v) is 6.31. The van der Waals surface area contributed by atoms with Crippen LogP contribution in [0.5, 0.6) is 0 Å². The Balaban J connectivity index is 3.50. The van der Waals surface area contributed by atoms with Crippen LogP contribution in [0.2, 0.25) is 0 Å². The lowest BCUT2D eigenvalue weighted by atomic mass is 10.2. The van der Waals surface area contributed by atoms with Crippen LogP contribution in [0.1, 0.15) is 13.3 Å². The summed E-state index contributed by atoms with van der Waals surface area (Å²) in [5.74, 6) is 0. The summed E-state index contributed by atoms with van der Waals surface area (Å²) in [6.07, 6.45) is 2.46. The van der Waals surface area contributed by atoms with Crippen LogP contribution in [-0.2, 0) is 0 Å². The van der Waals surface area contributed by atoms with E-state index >= 15 is 0 Å². The van der Waals surface area contributed by atoms with Gasteiger partial charge in [-0.3, -0.25) is 0 Å². The Morgan fingerprint density at radius 1 is 1.70 bits per heavy atom. The van der Waals surface area contributed by atoms with Crippen LogP contribution in [0.15, 0.2) is 11.6 Å². The molecule has 0 spiro atoms. The number of hydrogen-bond acceptors (Lipinski definition) is 2. The van der Waals surface area contributed by atoms with Crippen molar-refractivity contribution in [1.29, 1.82) is 0 Å². The fourth-order valence-corrected chi connectivity index (χ4v) is 0.499. The van der Waals surface area contributed by atoms with Crippen molar-refractivity contribution in [1.82, 2.24) is 0 Å². The molecule has 0 aliphatic rings. The van der Waals surface area contributed by atoms with Crippen molar-refractivity contribution in [3.05, 3.63) is 11.6 Å². The standard InChI is InChI=1S/C7H15FN2/c1-6(5-9)2-3-7(10)4-8/h2,7H,3-5,9-10H2,1H3/b6-2+. The van der Waals surface area contributed by atoms with E-state index < -0.39 is 6.67 Å². The molecular formula is C7H15FN2. The fraction of sp³-hybridized carbons (Fsp3) is 0.714. The largest absolute Gasteiger partial charge is 0.327 e. The number of alkyl halides is 1. The van der Waals surface area contributed by atoms with Crippen LogP contribution >= 0.6 is 0 Å². The highest BCUT2D eigenvalue weighted by Crippen LogP contribution is 1.95. The SMILES string of the molecule is C/C(=C\CC(N)CF)CN. The molecule has 10 heavy (non-hydrogen) atoms. The number of rotatable bonds is 4. The summed E-state index contributed by atoms with van der Waals surface area (Å²) in [4.78, 5) is 0. The summed E-state index contributed by atoms with van der Waals surface area (Å²) in [6.45, 7) is 1.97. The third-order valence-electron chi connectivity index (χ3n) is 1.29. The molecule has 0 heterocycles. The molecule has 0 rings (SSSR count). The fourth-order valence-electron chi connectivity index (χ4n) is 0.499. The first-order chi connectivity index (χ1) is 4.70. The second-order valence-corrected chi connectivity index (χ2v) is 2.40. The van der Waals surface area contributed by atoms with Crippen LogP contribution in [-0.4, -0.2) is 19.3 Å². The molecule has 0 aromatic heterocycles. The highest BCUT2D eigenvalue weighted by molar-refractivity contribution is 5.00. The molecule has 0 aliphatic heterocycles. The second kappa shape index (κ2) is 5.38. The zero-order valence-electron chi connectivity index (χ0n) is 6.31. The average molecular weight is 146 g/mol. The van der Waals surface area contributed by atoms with Crippen molar-refractivity contribution >= 4 is 0 Å². The van der Waals surface area contributed by atoms with Gasteiger partial charge in [0.05, 0.1) is 0 Å². The van der Waals surface area contributed by atoms with Crippen molar-refractivity contribution in [2.75, 3.05) is 13.2 Å². The molecule has 0 aromatic rings. The van der Waals surface area contributed by atoms with Gasteiger partial charge in [0.2, 0.25) is 0 Å². The van der Waals surface area contributed by atoms with Gasteiger partial charge in [0, 0.05) is 12.6 Å². The van der Waals surface area contributed by atoms with Gasteiger partial charge in [-0.05, 0) is 13.3 Å². The van der Waals surface area contributed by atoms with E-state index in [0.717, 1.165) is 5.57 Å². The molecule has 3 heteroatoms. The van der Waals surface area contributed by atoms with Gasteiger partial charge in [-0.25, -0.2) is 4.39 Å². The molecule has 0 amide bonds. The number of halogens is 1. The molecule has 2 nitrogen and oxygen atoms in total. The van der Waals surface area contributed by atoms with Crippen molar-refractivity contribution in [3.8, 4) is 0 Å². The molecule has 0 fully saturated rings. The lowest BCUT2D eigenvalue weighted by Gasteiger charge is -2.02. The van der Waals surface area contributed by atoms with Crippen LogP contribution in [0, 0.1) is 0 Å². The third-order valence-corrected chi connectivity index (χ3v) is 1.29. The van der Waals surface area contributed by atoms with E-state index in [1.54, 1.807) is 0 Å². The summed E-state index contributed by atoms with van der Waals surface area (Å²) < 4.78 is 11.8. The lowest BCUT2D eigenvalue weighted by Crippen LogP contribution is -2.21. The van der Waals surface area contributed by atoms with Gasteiger partial charge in [0.25, 0.3) is 0 Å². The first kappa shape index (κ1) is 9.59. The Hall–Kier alpha value is -0.410. The van der Waals surface area contributed by atoms with E-state index in [1.165, 1.54) is 0 Å². The predicted octanol–water partition coefficient (Wildman–Crippen LogP) is 0.578. The van der Waals surface area contributed by atoms with Gasteiger partial charge in [-0.1, -0.05) is 11.6 Å². The summed E-state index contributed by atoms with van der Waals surface area (Å²) in [7, 11) is 0. The molecule has 0 bridgehead atoms. The third kappa shape index (κ3) is 4.47.